The van der Waals surface area contributed by atoms with Crippen LogP contribution in [0.25, 0.3) is 0 Å². The molecule has 0 aliphatic carbocycles. The zero-order valence-electron chi connectivity index (χ0n) is 20.3. The molecule has 0 aromatic heterocycles. The van der Waals surface area contributed by atoms with E-state index in [2.05, 4.69) is 15.4 Å². The number of carbonyl (C=O) groups is 1. The second-order valence-corrected chi connectivity index (χ2v) is 9.94. The van der Waals surface area contributed by atoms with E-state index in [9.17, 15) is 13.2 Å². The maximum Gasteiger partial charge on any atom is 0.261 e. The number of hydrogen-bond acceptors (Lipinski definition) is 6. The highest BCUT2D eigenvalue weighted by atomic mass is 32.2. The second-order valence-electron chi connectivity index (χ2n) is 7.85. The highest BCUT2D eigenvalue weighted by molar-refractivity contribution is 7.92. The number of rotatable bonds is 10. The molecule has 3 rings (SSSR count). The van der Waals surface area contributed by atoms with E-state index in [1.807, 2.05) is 39.0 Å². The molecule has 0 bridgehead atoms. The first-order valence-electron chi connectivity index (χ1n) is 11.3. The number of amides is 1. The fourth-order valence-electron chi connectivity index (χ4n) is 3.35. The van der Waals surface area contributed by atoms with Gasteiger partial charge in [0.2, 0.25) is 0 Å². The summed E-state index contributed by atoms with van der Waals surface area (Å²) in [6, 6.07) is 18.5. The zero-order chi connectivity index (χ0) is 26.1. The van der Waals surface area contributed by atoms with Crippen molar-refractivity contribution in [2.75, 3.05) is 29.9 Å². The first-order valence-corrected chi connectivity index (χ1v) is 13.2. The van der Waals surface area contributed by atoms with Gasteiger partial charge in [-0.15, -0.1) is 0 Å². The molecule has 0 saturated carbocycles. The molecular formula is C26H29N3O5S2. The van der Waals surface area contributed by atoms with E-state index in [-0.39, 0.29) is 10.0 Å². The first kappa shape index (κ1) is 27.1. The Bertz CT molecular complexity index is 1310. The maximum absolute atomic E-state index is 12.9. The highest BCUT2D eigenvalue weighted by Crippen LogP contribution is 2.24. The summed E-state index contributed by atoms with van der Waals surface area (Å²) in [5, 5.41) is 5.57. The predicted octanol–water partition coefficient (Wildman–Crippen LogP) is 4.65. The number of hydrogen-bond donors (Lipinski definition) is 3. The molecule has 190 valence electrons. The lowest BCUT2D eigenvalue weighted by molar-refractivity contribution is 0.0958. The van der Waals surface area contributed by atoms with Crippen molar-refractivity contribution >= 4 is 44.6 Å². The molecule has 10 heteroatoms. The van der Waals surface area contributed by atoms with Crippen molar-refractivity contribution in [1.29, 1.82) is 0 Å². The molecule has 0 fully saturated rings. The van der Waals surface area contributed by atoms with Crippen LogP contribution >= 0.6 is 12.2 Å². The first-order chi connectivity index (χ1) is 17.2. The molecule has 3 aromatic rings. The third-order valence-corrected chi connectivity index (χ3v) is 6.76. The summed E-state index contributed by atoms with van der Waals surface area (Å²) in [6.45, 7) is 6.90. The Balaban J connectivity index is 1.62. The summed E-state index contributed by atoms with van der Waals surface area (Å²) in [5.41, 5.74) is 3.08. The van der Waals surface area contributed by atoms with Crippen molar-refractivity contribution in [2.45, 2.75) is 25.7 Å². The average Bonchev–Trinajstić information content (AvgIpc) is 2.85. The van der Waals surface area contributed by atoms with Crippen molar-refractivity contribution in [3.63, 3.8) is 0 Å². The van der Waals surface area contributed by atoms with Gasteiger partial charge in [0, 0.05) is 12.3 Å². The van der Waals surface area contributed by atoms with E-state index in [0.717, 1.165) is 11.1 Å². The Morgan fingerprint density at radius 3 is 2.25 bits per heavy atom. The van der Waals surface area contributed by atoms with E-state index in [1.54, 1.807) is 36.4 Å². The number of benzene rings is 3. The molecular weight excluding hydrogens is 498 g/mol. The molecule has 0 spiro atoms. The van der Waals surface area contributed by atoms with Crippen LogP contribution < -0.4 is 20.1 Å². The summed E-state index contributed by atoms with van der Waals surface area (Å²) in [4.78, 5) is 12.8. The third kappa shape index (κ3) is 7.27. The van der Waals surface area contributed by atoms with Gasteiger partial charge in [0.25, 0.3) is 15.9 Å². The molecule has 3 aromatic carbocycles. The summed E-state index contributed by atoms with van der Waals surface area (Å²) in [5.74, 6) is -0.0139. The molecule has 0 heterocycles. The lowest BCUT2D eigenvalue weighted by atomic mass is 10.1. The number of anilines is 2. The van der Waals surface area contributed by atoms with Crippen LogP contribution in [0.4, 0.5) is 11.4 Å². The fourth-order valence-corrected chi connectivity index (χ4v) is 4.77. The van der Waals surface area contributed by atoms with Gasteiger partial charge in [-0.25, -0.2) is 8.42 Å². The van der Waals surface area contributed by atoms with Crippen molar-refractivity contribution in [2.24, 2.45) is 0 Å². The quantitative estimate of drug-likeness (QED) is 0.260. The van der Waals surface area contributed by atoms with Gasteiger partial charge in [-0.05, 0) is 80.5 Å². The number of para-hydroxylation sites is 2. The van der Waals surface area contributed by atoms with E-state index < -0.39 is 15.9 Å². The van der Waals surface area contributed by atoms with Crippen LogP contribution in [0.15, 0.2) is 71.6 Å². The molecule has 0 aliphatic heterocycles. The lowest BCUT2D eigenvalue weighted by Crippen LogP contribution is -2.34. The number of nitrogens with one attached hydrogen (secondary N) is 3. The van der Waals surface area contributed by atoms with Crippen LogP contribution in [0.1, 0.15) is 28.4 Å². The van der Waals surface area contributed by atoms with Gasteiger partial charge in [0.15, 0.2) is 5.11 Å². The van der Waals surface area contributed by atoms with Crippen molar-refractivity contribution in [1.82, 2.24) is 5.32 Å². The van der Waals surface area contributed by atoms with Crippen molar-refractivity contribution in [3.8, 4) is 5.75 Å². The molecule has 0 atom stereocenters. The zero-order valence-corrected chi connectivity index (χ0v) is 22.0. The Hall–Kier alpha value is -3.47. The number of carbonyl (C=O) groups excluding carboxylic acids is 1. The van der Waals surface area contributed by atoms with E-state index >= 15 is 0 Å². The van der Waals surface area contributed by atoms with Crippen LogP contribution in [0, 0.1) is 13.8 Å². The summed E-state index contributed by atoms with van der Waals surface area (Å²) >= 11 is 5.26. The minimum atomic E-state index is -3.78. The van der Waals surface area contributed by atoms with E-state index in [0.29, 0.717) is 42.5 Å². The van der Waals surface area contributed by atoms with Gasteiger partial charge in [0.05, 0.1) is 22.8 Å². The van der Waals surface area contributed by atoms with Gasteiger partial charge >= 0.3 is 0 Å². The summed E-state index contributed by atoms with van der Waals surface area (Å²) in [7, 11) is -3.78. The number of sulfonamides is 1. The van der Waals surface area contributed by atoms with Crippen molar-refractivity contribution < 1.29 is 22.7 Å². The van der Waals surface area contributed by atoms with Crippen LogP contribution in [-0.2, 0) is 14.8 Å². The monoisotopic (exact) mass is 527 g/mol. The molecule has 0 saturated heterocycles. The van der Waals surface area contributed by atoms with Crippen LogP contribution in [0.2, 0.25) is 0 Å². The summed E-state index contributed by atoms with van der Waals surface area (Å²) < 4.78 is 39.3. The standard InChI is InChI=1S/C26H29N3O5S2/c1-4-33-16-17-34-23-11-6-5-10-22(23)25(30)28-26(35)27-20-12-14-21(15-13-20)36(31,32)29-24-18(2)8-7-9-19(24)3/h5-15,29H,4,16-17H2,1-3H3,(H2,27,28,30,35). The normalized spacial score (nSPS) is 11.0. The SMILES string of the molecule is CCOCCOc1ccccc1C(=O)NC(=S)Nc1ccc(S(=O)(=O)Nc2c(C)cccc2C)cc1. The molecule has 8 nitrogen and oxygen atoms in total. The number of thiocarbonyl (C=S) groups is 1. The molecule has 0 aliphatic rings. The van der Waals surface area contributed by atoms with Gasteiger partial charge in [-0.1, -0.05) is 30.3 Å². The fraction of sp³-hybridized carbons (Fsp3) is 0.231. The Morgan fingerprint density at radius 2 is 1.58 bits per heavy atom. The number of ether oxygens (including phenoxy) is 2. The van der Waals surface area contributed by atoms with Crippen LogP contribution in [-0.4, -0.2) is 39.3 Å². The highest BCUT2D eigenvalue weighted by Gasteiger charge is 2.17. The molecule has 0 radical (unpaired) electrons. The largest absolute Gasteiger partial charge is 0.490 e. The lowest BCUT2D eigenvalue weighted by Gasteiger charge is -2.14. The second kappa shape index (κ2) is 12.5. The molecule has 0 unspecified atom stereocenters. The minimum Gasteiger partial charge on any atom is -0.490 e. The molecule has 3 N–H and O–H groups in total. The Labute approximate surface area is 217 Å². The van der Waals surface area contributed by atoms with Gasteiger partial charge < -0.3 is 14.8 Å². The van der Waals surface area contributed by atoms with Crippen LogP contribution in [0.5, 0.6) is 5.75 Å². The van der Waals surface area contributed by atoms with Gasteiger partial charge in [0.1, 0.15) is 12.4 Å². The topological polar surface area (TPSA) is 106 Å². The average molecular weight is 528 g/mol. The van der Waals surface area contributed by atoms with E-state index in [1.165, 1.54) is 12.1 Å². The third-order valence-electron chi connectivity index (χ3n) is 5.19. The smallest absolute Gasteiger partial charge is 0.261 e. The van der Waals surface area contributed by atoms with Crippen molar-refractivity contribution in [3.05, 3.63) is 83.4 Å². The maximum atomic E-state index is 12.9. The molecule has 36 heavy (non-hydrogen) atoms. The predicted molar refractivity (Wildman–Crippen MR) is 145 cm³/mol. The van der Waals surface area contributed by atoms with Crippen LogP contribution in [0.3, 0.4) is 0 Å². The Morgan fingerprint density at radius 1 is 0.917 bits per heavy atom. The summed E-state index contributed by atoms with van der Waals surface area (Å²) in [6.07, 6.45) is 0. The van der Waals surface area contributed by atoms with Gasteiger partial charge in [-0.3, -0.25) is 14.8 Å². The molecule has 1 amide bonds. The van der Waals surface area contributed by atoms with Gasteiger partial charge in [-0.2, -0.15) is 0 Å². The minimum absolute atomic E-state index is 0.0633. The Kier molecular flexibility index (Phi) is 9.40. The number of aryl methyl sites for hydroxylation is 2. The van der Waals surface area contributed by atoms with E-state index in [4.69, 9.17) is 21.7 Å².